The van der Waals surface area contributed by atoms with Gasteiger partial charge in [0.25, 0.3) is 5.91 Å². The molecule has 1 aromatic carbocycles. The van der Waals surface area contributed by atoms with E-state index in [4.69, 9.17) is 5.73 Å². The minimum atomic E-state index is -1.34. The number of para-hydroxylation sites is 1. The second-order valence-electron chi connectivity index (χ2n) is 2.64. The molecule has 0 heterocycles. The third-order valence-corrected chi connectivity index (χ3v) is 1.60. The predicted octanol–water partition coefficient (Wildman–Crippen LogP) is -4.25. The van der Waals surface area contributed by atoms with Crippen molar-refractivity contribution in [1.82, 2.24) is 5.32 Å². The number of nitrogen functional groups attached to an aromatic ring is 1. The Morgan fingerprint density at radius 2 is 1.93 bits per heavy atom. The van der Waals surface area contributed by atoms with Crippen molar-refractivity contribution < 1.29 is 44.3 Å². The molecule has 15 heavy (non-hydrogen) atoms. The Labute approximate surface area is 109 Å². The van der Waals surface area contributed by atoms with Gasteiger partial charge in [0.2, 0.25) is 0 Å². The number of amides is 1. The van der Waals surface area contributed by atoms with Crippen LogP contribution in [0.3, 0.4) is 0 Å². The molecule has 74 valence electrons. The van der Waals surface area contributed by atoms with Crippen LogP contribution >= 0.6 is 0 Å². The molecule has 3 N–H and O–H groups in total. The van der Waals surface area contributed by atoms with Crippen LogP contribution in [0.4, 0.5) is 5.69 Å². The number of hydrogen-bond acceptors (Lipinski definition) is 4. The molecule has 0 aliphatic carbocycles. The number of benzene rings is 1. The number of carboxylic acids is 1. The monoisotopic (exact) mass is 216 g/mol. The van der Waals surface area contributed by atoms with E-state index in [1.807, 2.05) is 0 Å². The third kappa shape index (κ3) is 4.33. The Bertz CT molecular complexity index is 368. The normalized spacial score (nSPS) is 8.80. The van der Waals surface area contributed by atoms with Gasteiger partial charge in [-0.2, -0.15) is 0 Å². The van der Waals surface area contributed by atoms with Crippen LogP contribution in [0.2, 0.25) is 0 Å². The van der Waals surface area contributed by atoms with Gasteiger partial charge in [-0.1, -0.05) is 12.1 Å². The van der Waals surface area contributed by atoms with Crippen molar-refractivity contribution in [1.29, 1.82) is 0 Å². The maximum Gasteiger partial charge on any atom is 1.00 e. The van der Waals surface area contributed by atoms with Crippen LogP contribution in [-0.2, 0) is 4.79 Å². The number of anilines is 1. The maximum absolute atomic E-state index is 11.3. The summed E-state index contributed by atoms with van der Waals surface area (Å²) in [5.41, 5.74) is 6.07. The summed E-state index contributed by atoms with van der Waals surface area (Å²) in [5, 5.41) is 12.2. The Hall–Kier alpha value is -1.04. The summed E-state index contributed by atoms with van der Waals surface area (Å²) in [7, 11) is 0. The molecule has 0 fully saturated rings. The first-order valence-electron chi connectivity index (χ1n) is 3.94. The van der Waals surface area contributed by atoms with E-state index < -0.39 is 18.4 Å². The number of nitrogens with one attached hydrogen (secondary N) is 1. The van der Waals surface area contributed by atoms with Gasteiger partial charge in [-0.05, 0) is 12.1 Å². The van der Waals surface area contributed by atoms with E-state index in [1.54, 1.807) is 18.2 Å². The van der Waals surface area contributed by atoms with Gasteiger partial charge in [-0.3, -0.25) is 4.79 Å². The van der Waals surface area contributed by atoms with Gasteiger partial charge >= 0.3 is 29.6 Å². The van der Waals surface area contributed by atoms with Crippen LogP contribution in [0, 0.1) is 0 Å². The van der Waals surface area contributed by atoms with Crippen LogP contribution in [0.15, 0.2) is 24.3 Å². The van der Waals surface area contributed by atoms with Gasteiger partial charge in [-0.25, -0.2) is 0 Å². The molecule has 6 heteroatoms. The molecule has 1 amide bonds. The fourth-order valence-electron chi connectivity index (χ4n) is 0.951. The number of rotatable bonds is 3. The van der Waals surface area contributed by atoms with Crippen LogP contribution in [0.1, 0.15) is 10.4 Å². The van der Waals surface area contributed by atoms with E-state index in [1.165, 1.54) is 6.07 Å². The maximum atomic E-state index is 11.3. The summed E-state index contributed by atoms with van der Waals surface area (Å²) in [6.07, 6.45) is 0. The molecule has 0 spiro atoms. The molecule has 0 aromatic heterocycles. The van der Waals surface area contributed by atoms with E-state index in [0.29, 0.717) is 5.69 Å². The van der Waals surface area contributed by atoms with Crippen molar-refractivity contribution in [3.63, 3.8) is 0 Å². The van der Waals surface area contributed by atoms with E-state index in [0.717, 1.165) is 0 Å². The van der Waals surface area contributed by atoms with Crippen molar-refractivity contribution in [3.05, 3.63) is 29.8 Å². The smallest absolute Gasteiger partial charge is 0.548 e. The Balaban J connectivity index is 0.00000196. The van der Waals surface area contributed by atoms with Gasteiger partial charge in [0.1, 0.15) is 0 Å². The molecule has 0 saturated carbocycles. The van der Waals surface area contributed by atoms with Gasteiger partial charge in [0, 0.05) is 5.69 Å². The fraction of sp³-hybridized carbons (Fsp3) is 0.111. The quantitative estimate of drug-likeness (QED) is 0.395. The number of hydrogen-bond donors (Lipinski definition) is 2. The molecule has 1 aromatic rings. The second-order valence-corrected chi connectivity index (χ2v) is 2.64. The number of carboxylic acid groups (broad SMARTS) is 1. The van der Waals surface area contributed by atoms with E-state index >= 15 is 0 Å². The Morgan fingerprint density at radius 1 is 1.33 bits per heavy atom. The number of carbonyl (C=O) groups excluding carboxylic acids is 2. The second kappa shape index (κ2) is 6.44. The van der Waals surface area contributed by atoms with Crippen LogP contribution in [0.5, 0.6) is 0 Å². The Morgan fingerprint density at radius 3 is 2.47 bits per heavy atom. The van der Waals surface area contributed by atoms with Crippen molar-refractivity contribution >= 4 is 17.6 Å². The zero-order valence-corrected chi connectivity index (χ0v) is 10.3. The fourth-order valence-corrected chi connectivity index (χ4v) is 0.951. The van der Waals surface area contributed by atoms with Gasteiger partial charge in [-0.15, -0.1) is 0 Å². The molecule has 0 radical (unpaired) electrons. The van der Waals surface area contributed by atoms with Crippen LogP contribution in [0.25, 0.3) is 0 Å². The molecular weight excluding hydrogens is 207 g/mol. The van der Waals surface area contributed by atoms with Crippen molar-refractivity contribution in [2.24, 2.45) is 0 Å². The summed E-state index contributed by atoms with van der Waals surface area (Å²) in [4.78, 5) is 21.4. The first kappa shape index (κ1) is 14.0. The first-order valence-corrected chi connectivity index (χ1v) is 3.94. The van der Waals surface area contributed by atoms with E-state index in [9.17, 15) is 14.7 Å². The van der Waals surface area contributed by atoms with Crippen molar-refractivity contribution in [3.8, 4) is 0 Å². The zero-order chi connectivity index (χ0) is 10.6. The molecule has 0 unspecified atom stereocenters. The zero-order valence-electron chi connectivity index (χ0n) is 8.32. The first-order chi connectivity index (χ1) is 6.61. The largest absolute Gasteiger partial charge is 1.00 e. The minimum Gasteiger partial charge on any atom is -0.548 e. The summed E-state index contributed by atoms with van der Waals surface area (Å²) in [6.45, 7) is -0.521. The van der Waals surface area contributed by atoms with E-state index in [-0.39, 0.29) is 35.1 Å². The topological polar surface area (TPSA) is 95.2 Å². The third-order valence-electron chi connectivity index (χ3n) is 1.60. The Kier molecular flexibility index (Phi) is 6.00. The van der Waals surface area contributed by atoms with Crippen molar-refractivity contribution in [2.45, 2.75) is 0 Å². The standard InChI is InChI=1S/C9H10N2O3.Na/c10-7-4-2-1-3-6(7)9(14)11-5-8(12)13;/h1-4H,5,10H2,(H,11,14)(H,12,13);/q;+1/p-1. The molecule has 0 saturated heterocycles. The minimum absolute atomic E-state index is 0. The molecule has 5 nitrogen and oxygen atoms in total. The van der Waals surface area contributed by atoms with Crippen molar-refractivity contribution in [2.75, 3.05) is 12.3 Å². The van der Waals surface area contributed by atoms with Crippen LogP contribution in [-0.4, -0.2) is 18.4 Å². The molecule has 0 bridgehead atoms. The summed E-state index contributed by atoms with van der Waals surface area (Å²) in [6, 6.07) is 6.41. The summed E-state index contributed by atoms with van der Waals surface area (Å²) < 4.78 is 0. The van der Waals surface area contributed by atoms with Gasteiger partial charge in [0.15, 0.2) is 0 Å². The van der Waals surface area contributed by atoms with Gasteiger partial charge in [0.05, 0.1) is 18.1 Å². The molecular formula is C9H9N2NaO3. The molecule has 0 aliphatic heterocycles. The number of aliphatic carboxylic acids is 1. The molecule has 0 aliphatic rings. The number of carbonyl (C=O) groups is 2. The van der Waals surface area contributed by atoms with Crippen LogP contribution < -0.4 is 45.7 Å². The summed E-state index contributed by atoms with van der Waals surface area (Å²) in [5.74, 6) is -1.86. The molecule has 0 atom stereocenters. The average Bonchev–Trinajstić information content (AvgIpc) is 2.15. The average molecular weight is 216 g/mol. The SMILES string of the molecule is Nc1ccccc1C(=O)NCC(=O)[O-].[Na+]. The number of nitrogens with two attached hydrogens (primary N) is 1. The van der Waals surface area contributed by atoms with Gasteiger partial charge < -0.3 is 21.0 Å². The predicted molar refractivity (Wildman–Crippen MR) is 48.2 cm³/mol. The van der Waals surface area contributed by atoms with E-state index in [2.05, 4.69) is 5.32 Å². The summed E-state index contributed by atoms with van der Waals surface area (Å²) >= 11 is 0. The molecule has 1 rings (SSSR count).